The van der Waals surface area contributed by atoms with Gasteiger partial charge in [0, 0.05) is 16.7 Å². The molecule has 0 N–H and O–H groups in total. The Bertz CT molecular complexity index is 965. The number of hydrogen-bond acceptors (Lipinski definition) is 3. The van der Waals surface area contributed by atoms with E-state index in [1.165, 1.54) is 0 Å². The van der Waals surface area contributed by atoms with Gasteiger partial charge in [-0.15, -0.1) is 0 Å². The summed E-state index contributed by atoms with van der Waals surface area (Å²) < 4.78 is 0. The minimum Gasteiger partial charge on any atom is -0.292 e. The van der Waals surface area contributed by atoms with Gasteiger partial charge >= 0.3 is 0 Å². The van der Waals surface area contributed by atoms with Crippen LogP contribution in [-0.4, -0.2) is 20.8 Å². The zero-order chi connectivity index (χ0) is 17.4. The number of aromatic nitrogens is 1. The molecular weight excluding hydrogens is 328 g/mol. The van der Waals surface area contributed by atoms with E-state index in [2.05, 4.69) is 0 Å². The number of rotatable bonds is 2. The lowest BCUT2D eigenvalue weighted by atomic mass is 10.1. The zero-order valence-corrected chi connectivity index (χ0v) is 14.6. The van der Waals surface area contributed by atoms with Crippen molar-refractivity contribution in [1.29, 1.82) is 0 Å². The maximum Gasteiger partial charge on any atom is 0.259 e. The lowest BCUT2D eigenvalue weighted by Gasteiger charge is -2.15. The standard InChI is InChI=1S/C21H16N2OS/c1-14-7-9-16(10-8-14)20(24)23-13-19-17(21(23)25)11-12-18(22-19)15-5-3-2-4-6-15/h2-12H,13H2,1H3. The molecule has 4 heteroatoms. The Morgan fingerprint density at radius 2 is 1.72 bits per heavy atom. The molecule has 1 aliphatic heterocycles. The Hall–Kier alpha value is -2.85. The number of aryl methyl sites for hydroxylation is 1. The first-order valence-corrected chi connectivity index (χ1v) is 8.52. The van der Waals surface area contributed by atoms with Crippen LogP contribution in [0.5, 0.6) is 0 Å². The fourth-order valence-corrected chi connectivity index (χ4v) is 3.30. The Labute approximate surface area is 151 Å². The van der Waals surface area contributed by atoms with Crippen molar-refractivity contribution >= 4 is 23.1 Å². The Morgan fingerprint density at radius 1 is 1.00 bits per heavy atom. The Balaban J connectivity index is 1.65. The molecule has 0 atom stereocenters. The number of carbonyl (C=O) groups is 1. The van der Waals surface area contributed by atoms with E-state index in [1.54, 1.807) is 4.90 Å². The first-order valence-electron chi connectivity index (χ1n) is 8.12. The number of pyridine rings is 1. The van der Waals surface area contributed by atoms with Crippen molar-refractivity contribution in [3.05, 3.63) is 89.1 Å². The van der Waals surface area contributed by atoms with Gasteiger partial charge in [0.2, 0.25) is 0 Å². The van der Waals surface area contributed by atoms with Crippen LogP contribution in [0.2, 0.25) is 0 Å². The van der Waals surface area contributed by atoms with E-state index in [1.807, 2.05) is 73.7 Å². The van der Waals surface area contributed by atoms with Crippen molar-refractivity contribution in [2.24, 2.45) is 0 Å². The van der Waals surface area contributed by atoms with Crippen LogP contribution in [0, 0.1) is 6.92 Å². The van der Waals surface area contributed by atoms with Crippen LogP contribution in [0.3, 0.4) is 0 Å². The number of nitrogens with zero attached hydrogens (tertiary/aromatic N) is 2. The van der Waals surface area contributed by atoms with Gasteiger partial charge < -0.3 is 0 Å². The fraction of sp³-hybridized carbons (Fsp3) is 0.0952. The molecule has 0 spiro atoms. The maximum atomic E-state index is 12.8. The van der Waals surface area contributed by atoms with Crippen molar-refractivity contribution in [3.8, 4) is 11.3 Å². The average molecular weight is 344 g/mol. The summed E-state index contributed by atoms with van der Waals surface area (Å²) in [7, 11) is 0. The third-order valence-electron chi connectivity index (χ3n) is 4.37. The number of amides is 1. The van der Waals surface area contributed by atoms with Crippen molar-refractivity contribution in [1.82, 2.24) is 9.88 Å². The number of hydrogen-bond donors (Lipinski definition) is 0. The third kappa shape index (κ3) is 2.85. The SMILES string of the molecule is Cc1ccc(C(=O)N2Cc3nc(-c4ccccc4)ccc3C2=S)cc1. The molecule has 2 heterocycles. The summed E-state index contributed by atoms with van der Waals surface area (Å²) in [6.45, 7) is 2.42. The molecule has 0 fully saturated rings. The highest BCUT2D eigenvalue weighted by Crippen LogP contribution is 2.27. The van der Waals surface area contributed by atoms with Crippen molar-refractivity contribution in [3.63, 3.8) is 0 Å². The highest BCUT2D eigenvalue weighted by molar-refractivity contribution is 7.80. The highest BCUT2D eigenvalue weighted by atomic mass is 32.1. The predicted molar refractivity (Wildman–Crippen MR) is 102 cm³/mol. The quantitative estimate of drug-likeness (QED) is 0.647. The van der Waals surface area contributed by atoms with Crippen LogP contribution < -0.4 is 0 Å². The van der Waals surface area contributed by atoms with E-state index in [9.17, 15) is 4.79 Å². The third-order valence-corrected chi connectivity index (χ3v) is 4.81. The molecule has 0 bridgehead atoms. The average Bonchev–Trinajstić information content (AvgIpc) is 2.98. The molecule has 2 aromatic carbocycles. The first-order chi connectivity index (χ1) is 12.1. The number of fused-ring (bicyclic) bond motifs is 1. The molecule has 122 valence electrons. The summed E-state index contributed by atoms with van der Waals surface area (Å²) in [5.74, 6) is -0.0794. The van der Waals surface area contributed by atoms with Gasteiger partial charge in [0.05, 0.1) is 17.9 Å². The molecule has 0 saturated heterocycles. The predicted octanol–water partition coefficient (Wildman–Crippen LogP) is 4.39. The molecular formula is C21H16N2OS. The van der Waals surface area contributed by atoms with E-state index in [4.69, 9.17) is 17.2 Å². The fourth-order valence-electron chi connectivity index (χ4n) is 2.97. The maximum absolute atomic E-state index is 12.8. The van der Waals surface area contributed by atoms with Crippen LogP contribution in [-0.2, 0) is 6.54 Å². The number of carbonyl (C=O) groups excluding carboxylic acids is 1. The van der Waals surface area contributed by atoms with Crippen LogP contribution >= 0.6 is 12.2 Å². The van der Waals surface area contributed by atoms with Crippen LogP contribution in [0.15, 0.2) is 66.7 Å². The van der Waals surface area contributed by atoms with Crippen LogP contribution in [0.4, 0.5) is 0 Å². The smallest absolute Gasteiger partial charge is 0.259 e. The first kappa shape index (κ1) is 15.7. The second kappa shape index (κ2) is 6.22. The Morgan fingerprint density at radius 3 is 2.44 bits per heavy atom. The van der Waals surface area contributed by atoms with Gasteiger partial charge in [-0.25, -0.2) is 0 Å². The van der Waals surface area contributed by atoms with Crippen LogP contribution in [0.1, 0.15) is 27.2 Å². The largest absolute Gasteiger partial charge is 0.292 e. The molecule has 25 heavy (non-hydrogen) atoms. The molecule has 4 rings (SSSR count). The number of benzene rings is 2. The topological polar surface area (TPSA) is 33.2 Å². The minimum atomic E-state index is -0.0794. The van der Waals surface area contributed by atoms with Gasteiger partial charge in [-0.3, -0.25) is 14.7 Å². The number of thiocarbonyl (C=S) groups is 1. The molecule has 1 amide bonds. The summed E-state index contributed by atoms with van der Waals surface area (Å²) in [5, 5.41) is 0. The summed E-state index contributed by atoms with van der Waals surface area (Å²) in [6.07, 6.45) is 0. The van der Waals surface area contributed by atoms with Gasteiger partial charge in [-0.2, -0.15) is 0 Å². The van der Waals surface area contributed by atoms with Crippen molar-refractivity contribution < 1.29 is 4.79 Å². The minimum absolute atomic E-state index is 0.0794. The van der Waals surface area contributed by atoms with Gasteiger partial charge in [0.1, 0.15) is 4.99 Å². The van der Waals surface area contributed by atoms with E-state index < -0.39 is 0 Å². The molecule has 0 aliphatic carbocycles. The van der Waals surface area contributed by atoms with Crippen molar-refractivity contribution in [2.45, 2.75) is 13.5 Å². The van der Waals surface area contributed by atoms with E-state index in [-0.39, 0.29) is 5.91 Å². The zero-order valence-electron chi connectivity index (χ0n) is 13.8. The molecule has 0 radical (unpaired) electrons. The normalized spacial score (nSPS) is 13.0. The van der Waals surface area contributed by atoms with Gasteiger partial charge in [0.25, 0.3) is 5.91 Å². The molecule has 1 aromatic heterocycles. The van der Waals surface area contributed by atoms with Gasteiger partial charge in [0.15, 0.2) is 0 Å². The second-order valence-electron chi connectivity index (χ2n) is 6.12. The summed E-state index contributed by atoms with van der Waals surface area (Å²) >= 11 is 5.52. The van der Waals surface area contributed by atoms with Crippen molar-refractivity contribution in [2.75, 3.05) is 0 Å². The van der Waals surface area contributed by atoms with Gasteiger partial charge in [-0.05, 0) is 31.2 Å². The van der Waals surface area contributed by atoms with Crippen LogP contribution in [0.25, 0.3) is 11.3 Å². The lowest BCUT2D eigenvalue weighted by molar-refractivity contribution is 0.0848. The van der Waals surface area contributed by atoms with Gasteiger partial charge in [-0.1, -0.05) is 60.2 Å². The molecule has 1 aliphatic rings. The molecule has 0 unspecified atom stereocenters. The molecule has 3 nitrogen and oxygen atoms in total. The summed E-state index contributed by atoms with van der Waals surface area (Å²) in [6, 6.07) is 21.5. The summed E-state index contributed by atoms with van der Waals surface area (Å²) in [5.41, 5.74) is 5.44. The lowest BCUT2D eigenvalue weighted by Crippen LogP contribution is -2.30. The summed E-state index contributed by atoms with van der Waals surface area (Å²) in [4.78, 5) is 19.7. The Kier molecular flexibility index (Phi) is 3.90. The van der Waals surface area contributed by atoms with E-state index in [0.29, 0.717) is 17.1 Å². The highest BCUT2D eigenvalue weighted by Gasteiger charge is 2.30. The van der Waals surface area contributed by atoms with E-state index >= 15 is 0 Å². The second-order valence-corrected chi connectivity index (χ2v) is 6.51. The molecule has 3 aromatic rings. The van der Waals surface area contributed by atoms with E-state index in [0.717, 1.165) is 28.1 Å². The molecule has 0 saturated carbocycles. The monoisotopic (exact) mass is 344 g/mol.